The van der Waals surface area contributed by atoms with Crippen LogP contribution in [0.15, 0.2) is 48.5 Å². The maximum Gasteiger partial charge on any atom is 0.332 e. The number of nitro benzene ring substituents is 1. The van der Waals surface area contributed by atoms with Crippen molar-refractivity contribution in [2.75, 3.05) is 4.90 Å². The minimum absolute atomic E-state index is 0.0246. The number of anilines is 1. The average molecular weight is 360 g/mol. The fraction of sp³-hybridized carbons (Fsp3) is 0.176. The molecule has 1 heterocycles. The monoisotopic (exact) mass is 359 g/mol. The lowest BCUT2D eigenvalue weighted by atomic mass is 10.2. The number of carbonyl (C=O) groups excluding carboxylic acids is 2. The number of carbonyl (C=O) groups is 2. The molecule has 0 aromatic heterocycles. The van der Waals surface area contributed by atoms with Gasteiger partial charge in [-0.25, -0.2) is 9.69 Å². The highest BCUT2D eigenvalue weighted by molar-refractivity contribution is 6.30. The molecule has 1 saturated heterocycles. The van der Waals surface area contributed by atoms with E-state index in [4.69, 9.17) is 11.6 Å². The Morgan fingerprint density at radius 2 is 1.68 bits per heavy atom. The summed E-state index contributed by atoms with van der Waals surface area (Å²) in [7, 11) is 0. The van der Waals surface area contributed by atoms with Crippen LogP contribution in [0.25, 0.3) is 0 Å². The third-order valence-corrected chi connectivity index (χ3v) is 4.32. The van der Waals surface area contributed by atoms with Gasteiger partial charge in [0.2, 0.25) is 0 Å². The van der Waals surface area contributed by atoms with Crippen LogP contribution in [0.2, 0.25) is 5.02 Å². The van der Waals surface area contributed by atoms with E-state index >= 15 is 0 Å². The van der Waals surface area contributed by atoms with Crippen LogP contribution in [0.4, 0.5) is 16.2 Å². The maximum absolute atomic E-state index is 12.7. The predicted octanol–water partition coefficient (Wildman–Crippen LogP) is 3.61. The summed E-state index contributed by atoms with van der Waals surface area (Å²) in [5, 5.41) is 11.2. The molecule has 0 bridgehead atoms. The highest BCUT2D eigenvalue weighted by atomic mass is 35.5. The Labute approximate surface area is 148 Å². The average Bonchev–Trinajstić information content (AvgIpc) is 2.80. The van der Waals surface area contributed by atoms with Crippen molar-refractivity contribution >= 4 is 34.9 Å². The Bertz CT molecular complexity index is 836. The molecule has 0 radical (unpaired) electrons. The van der Waals surface area contributed by atoms with Crippen molar-refractivity contribution < 1.29 is 14.5 Å². The summed E-state index contributed by atoms with van der Waals surface area (Å²) < 4.78 is 0. The molecule has 128 valence electrons. The number of urea groups is 1. The Balaban J connectivity index is 1.82. The van der Waals surface area contributed by atoms with Crippen molar-refractivity contribution in [3.63, 3.8) is 0 Å². The third kappa shape index (κ3) is 3.18. The van der Waals surface area contributed by atoms with E-state index in [1.54, 1.807) is 43.3 Å². The van der Waals surface area contributed by atoms with E-state index < -0.39 is 17.0 Å². The van der Waals surface area contributed by atoms with Crippen LogP contribution in [-0.2, 0) is 11.3 Å². The van der Waals surface area contributed by atoms with Gasteiger partial charge in [-0.3, -0.25) is 14.9 Å². The number of amides is 3. The number of rotatable bonds is 4. The number of hydrogen-bond donors (Lipinski definition) is 0. The van der Waals surface area contributed by atoms with Gasteiger partial charge in [0.15, 0.2) is 0 Å². The lowest BCUT2D eigenvalue weighted by molar-refractivity contribution is -0.384. The maximum atomic E-state index is 12.7. The highest BCUT2D eigenvalue weighted by Gasteiger charge is 2.43. The number of nitrogens with zero attached hydrogens (tertiary/aromatic N) is 3. The summed E-state index contributed by atoms with van der Waals surface area (Å²) in [4.78, 5) is 37.9. The van der Waals surface area contributed by atoms with E-state index in [1.165, 1.54) is 17.0 Å². The Morgan fingerprint density at radius 1 is 1.08 bits per heavy atom. The number of nitro groups is 1. The van der Waals surface area contributed by atoms with Crippen LogP contribution in [0.1, 0.15) is 12.5 Å². The van der Waals surface area contributed by atoms with Gasteiger partial charge in [-0.05, 0) is 36.8 Å². The molecule has 1 aliphatic heterocycles. The van der Waals surface area contributed by atoms with Gasteiger partial charge in [-0.15, -0.1) is 0 Å². The summed E-state index contributed by atoms with van der Waals surface area (Å²) in [5.41, 5.74) is 1.14. The molecule has 0 unspecified atom stereocenters. The zero-order valence-electron chi connectivity index (χ0n) is 13.3. The molecule has 0 saturated carbocycles. The fourth-order valence-electron chi connectivity index (χ4n) is 2.66. The second-order valence-corrected chi connectivity index (χ2v) is 6.10. The van der Waals surface area contributed by atoms with Crippen molar-refractivity contribution in [2.45, 2.75) is 19.5 Å². The first-order valence-corrected chi connectivity index (χ1v) is 7.90. The quantitative estimate of drug-likeness (QED) is 0.474. The smallest absolute Gasteiger partial charge is 0.308 e. The van der Waals surface area contributed by atoms with E-state index in [1.807, 2.05) is 0 Å². The van der Waals surface area contributed by atoms with Gasteiger partial charge < -0.3 is 4.90 Å². The van der Waals surface area contributed by atoms with Crippen molar-refractivity contribution in [2.24, 2.45) is 0 Å². The molecule has 7 nitrogen and oxygen atoms in total. The number of non-ortho nitro benzene ring substituents is 1. The second-order valence-electron chi connectivity index (χ2n) is 5.66. The molecule has 2 aromatic rings. The lowest BCUT2D eigenvalue weighted by Gasteiger charge is -2.19. The van der Waals surface area contributed by atoms with Gasteiger partial charge in [0, 0.05) is 23.7 Å². The molecule has 1 atom stereocenters. The topological polar surface area (TPSA) is 83.8 Å². The predicted molar refractivity (Wildman–Crippen MR) is 92.4 cm³/mol. The molecule has 0 aliphatic carbocycles. The van der Waals surface area contributed by atoms with Gasteiger partial charge in [0.25, 0.3) is 11.6 Å². The van der Waals surface area contributed by atoms with E-state index in [9.17, 15) is 19.7 Å². The molecular weight excluding hydrogens is 346 g/mol. The largest absolute Gasteiger partial charge is 0.332 e. The van der Waals surface area contributed by atoms with Gasteiger partial charge >= 0.3 is 6.03 Å². The van der Waals surface area contributed by atoms with Crippen LogP contribution in [0, 0.1) is 10.1 Å². The van der Waals surface area contributed by atoms with Crippen LogP contribution in [0.5, 0.6) is 0 Å². The van der Waals surface area contributed by atoms with Crippen molar-refractivity contribution in [3.05, 3.63) is 69.2 Å². The van der Waals surface area contributed by atoms with Gasteiger partial charge in [-0.1, -0.05) is 23.7 Å². The molecular formula is C17H14ClN3O4. The molecule has 25 heavy (non-hydrogen) atoms. The van der Waals surface area contributed by atoms with Crippen molar-refractivity contribution in [1.82, 2.24) is 4.90 Å². The van der Waals surface area contributed by atoms with Crippen LogP contribution < -0.4 is 4.90 Å². The normalized spacial score (nSPS) is 17.3. The Hall–Kier alpha value is -2.93. The first-order valence-electron chi connectivity index (χ1n) is 7.52. The molecule has 3 amide bonds. The molecule has 8 heteroatoms. The minimum atomic E-state index is -0.627. The van der Waals surface area contributed by atoms with Crippen molar-refractivity contribution in [3.8, 4) is 0 Å². The number of imide groups is 1. The molecule has 1 fully saturated rings. The van der Waals surface area contributed by atoms with Gasteiger partial charge in [0.1, 0.15) is 6.04 Å². The Morgan fingerprint density at radius 3 is 2.24 bits per heavy atom. The Kier molecular flexibility index (Phi) is 4.41. The molecule has 0 N–H and O–H groups in total. The second kappa shape index (κ2) is 6.52. The minimum Gasteiger partial charge on any atom is -0.308 e. The van der Waals surface area contributed by atoms with Crippen molar-refractivity contribution in [1.29, 1.82) is 0 Å². The van der Waals surface area contributed by atoms with Crippen LogP contribution in [-0.4, -0.2) is 27.8 Å². The van der Waals surface area contributed by atoms with Gasteiger partial charge in [0.05, 0.1) is 10.6 Å². The molecule has 2 aromatic carbocycles. The summed E-state index contributed by atoms with van der Waals surface area (Å²) in [5.74, 6) is -0.325. The number of hydrogen-bond acceptors (Lipinski definition) is 4. The fourth-order valence-corrected chi connectivity index (χ4v) is 2.79. The summed E-state index contributed by atoms with van der Waals surface area (Å²) in [6.07, 6.45) is 0. The number of benzene rings is 2. The van der Waals surface area contributed by atoms with E-state index in [0.717, 1.165) is 4.90 Å². The third-order valence-electron chi connectivity index (χ3n) is 4.07. The first-order chi connectivity index (χ1) is 11.9. The molecule has 0 spiro atoms. The zero-order chi connectivity index (χ0) is 18.1. The van der Waals surface area contributed by atoms with E-state index in [2.05, 4.69) is 0 Å². The summed E-state index contributed by atoms with van der Waals surface area (Å²) in [6, 6.07) is 11.3. The van der Waals surface area contributed by atoms with E-state index in [0.29, 0.717) is 16.3 Å². The summed E-state index contributed by atoms with van der Waals surface area (Å²) >= 11 is 5.84. The standard InChI is InChI=1S/C17H14ClN3O4/c1-11-16(22)20(14-8-4-13(18)5-9-14)17(23)19(11)10-12-2-6-15(7-3-12)21(24)25/h2-9,11H,10H2,1H3/t11-/m0/s1. The molecule has 3 rings (SSSR count). The first kappa shape index (κ1) is 16.9. The van der Waals surface area contributed by atoms with Crippen LogP contribution in [0.3, 0.4) is 0 Å². The van der Waals surface area contributed by atoms with Gasteiger partial charge in [-0.2, -0.15) is 0 Å². The number of halogens is 1. The van der Waals surface area contributed by atoms with Crippen LogP contribution >= 0.6 is 11.6 Å². The lowest BCUT2D eigenvalue weighted by Crippen LogP contribution is -2.33. The highest BCUT2D eigenvalue weighted by Crippen LogP contribution is 2.27. The van der Waals surface area contributed by atoms with E-state index in [-0.39, 0.29) is 18.1 Å². The summed E-state index contributed by atoms with van der Waals surface area (Å²) in [6.45, 7) is 1.84. The molecule has 1 aliphatic rings. The SMILES string of the molecule is C[C@H]1C(=O)N(c2ccc(Cl)cc2)C(=O)N1Cc1ccc([N+](=O)[O-])cc1. The zero-order valence-corrected chi connectivity index (χ0v) is 14.0.